The van der Waals surface area contributed by atoms with E-state index in [2.05, 4.69) is 4.99 Å². The maximum absolute atomic E-state index is 14.5. The monoisotopic (exact) mass is 599 g/mol. The first-order chi connectivity index (χ1) is 20.2. The first-order valence-electron chi connectivity index (χ1n) is 13.5. The Kier molecular flexibility index (Phi) is 7.43. The second-order valence-electron chi connectivity index (χ2n) is 10.4. The zero-order chi connectivity index (χ0) is 29.5. The number of fused-ring (bicyclic) bond motifs is 2. The predicted octanol–water partition coefficient (Wildman–Crippen LogP) is 5.98. The molecule has 0 bridgehead atoms. The second kappa shape index (κ2) is 11.2. The van der Waals surface area contributed by atoms with Gasteiger partial charge < -0.3 is 9.30 Å². The molecule has 6 rings (SSSR count). The number of allylic oxidation sites excluding steroid dienone is 1. The molecular formula is C33H27ClFN3O3S. The van der Waals surface area contributed by atoms with Crippen molar-refractivity contribution in [1.82, 2.24) is 9.13 Å². The van der Waals surface area contributed by atoms with Crippen molar-refractivity contribution in [1.29, 1.82) is 0 Å². The Morgan fingerprint density at radius 3 is 2.57 bits per heavy atom. The molecule has 6 nitrogen and oxygen atoms in total. The smallest absolute Gasteiger partial charge is 0.338 e. The molecule has 2 aromatic heterocycles. The normalized spacial score (nSPS) is 15.3. The van der Waals surface area contributed by atoms with Crippen LogP contribution in [0.5, 0.6) is 0 Å². The number of esters is 1. The topological polar surface area (TPSA) is 65.6 Å². The van der Waals surface area contributed by atoms with Crippen molar-refractivity contribution in [3.63, 3.8) is 0 Å². The number of hydrogen-bond donors (Lipinski definition) is 0. The van der Waals surface area contributed by atoms with Gasteiger partial charge in [0.15, 0.2) is 4.80 Å². The van der Waals surface area contributed by atoms with E-state index in [-0.39, 0.29) is 23.1 Å². The number of aromatic nitrogens is 2. The molecule has 0 amide bonds. The molecule has 1 unspecified atom stereocenters. The van der Waals surface area contributed by atoms with E-state index in [1.54, 1.807) is 45.0 Å². The zero-order valence-corrected chi connectivity index (χ0v) is 24.7. The van der Waals surface area contributed by atoms with E-state index in [4.69, 9.17) is 16.3 Å². The molecule has 0 N–H and O–H groups in total. The first kappa shape index (κ1) is 27.9. The molecule has 3 heterocycles. The molecule has 1 aliphatic rings. The SMILES string of the molecule is CC1=C(C(=O)OC(C)C)C(c2ccccc2Cl)n2c(sc(=Cc3cn(Cc4ccccc4F)c4ccccc34)c2=O)=N1. The number of nitrogens with zero attached hydrogens (tertiary/aromatic N) is 3. The Labute approximate surface area is 250 Å². The summed E-state index contributed by atoms with van der Waals surface area (Å²) in [5.74, 6) is -0.812. The molecule has 9 heteroatoms. The molecule has 42 heavy (non-hydrogen) atoms. The maximum atomic E-state index is 14.5. The summed E-state index contributed by atoms with van der Waals surface area (Å²) in [7, 11) is 0. The van der Waals surface area contributed by atoms with Gasteiger partial charge in [-0.2, -0.15) is 0 Å². The summed E-state index contributed by atoms with van der Waals surface area (Å²) < 4.78 is 24.0. The van der Waals surface area contributed by atoms with Crippen LogP contribution in [0.3, 0.4) is 0 Å². The van der Waals surface area contributed by atoms with Gasteiger partial charge in [0.1, 0.15) is 11.9 Å². The molecule has 0 fully saturated rings. The molecule has 0 spiro atoms. The van der Waals surface area contributed by atoms with Gasteiger partial charge in [0, 0.05) is 33.2 Å². The molecular weight excluding hydrogens is 573 g/mol. The number of para-hydroxylation sites is 1. The molecule has 0 radical (unpaired) electrons. The maximum Gasteiger partial charge on any atom is 0.338 e. The van der Waals surface area contributed by atoms with Crippen LogP contribution in [0.4, 0.5) is 4.39 Å². The van der Waals surface area contributed by atoms with Gasteiger partial charge in [-0.25, -0.2) is 14.2 Å². The van der Waals surface area contributed by atoms with Crippen LogP contribution in [0.25, 0.3) is 17.0 Å². The summed E-state index contributed by atoms with van der Waals surface area (Å²) in [5, 5.41) is 1.36. The number of benzene rings is 3. The molecule has 212 valence electrons. The number of carbonyl (C=O) groups excluding carboxylic acids is 1. The fourth-order valence-corrected chi connectivity index (χ4v) is 6.60. The lowest BCUT2D eigenvalue weighted by molar-refractivity contribution is -0.143. The van der Waals surface area contributed by atoms with Gasteiger partial charge in [-0.15, -0.1) is 0 Å². The lowest BCUT2D eigenvalue weighted by Crippen LogP contribution is -2.40. The molecule has 1 aliphatic heterocycles. The van der Waals surface area contributed by atoms with Crippen molar-refractivity contribution in [3.05, 3.63) is 137 Å². The average molecular weight is 600 g/mol. The van der Waals surface area contributed by atoms with E-state index in [9.17, 15) is 14.0 Å². The Balaban J connectivity index is 1.53. The standard InChI is InChI=1S/C33H27ClFN3O3S/c1-19(2)41-32(40)29-20(3)36-33-38(30(29)24-12-5-7-13-25(24)34)31(39)28(42-33)16-22-18-37(27-15-9-6-11-23(22)27)17-21-10-4-8-14-26(21)35/h4-16,18-19,30H,17H2,1-3H3. The van der Waals surface area contributed by atoms with Crippen LogP contribution in [-0.2, 0) is 16.1 Å². The molecule has 0 saturated heterocycles. The van der Waals surface area contributed by atoms with E-state index in [0.717, 1.165) is 16.5 Å². The van der Waals surface area contributed by atoms with Crippen LogP contribution in [0.15, 0.2) is 100 Å². The van der Waals surface area contributed by atoms with Gasteiger partial charge in [-0.3, -0.25) is 9.36 Å². The second-order valence-corrected chi connectivity index (χ2v) is 11.8. The number of rotatable bonds is 6. The Morgan fingerprint density at radius 1 is 1.10 bits per heavy atom. The number of carbonyl (C=O) groups is 1. The van der Waals surface area contributed by atoms with Gasteiger partial charge in [0.2, 0.25) is 0 Å². The third-order valence-electron chi connectivity index (χ3n) is 7.19. The molecule has 1 atom stereocenters. The minimum absolute atomic E-state index is 0.271. The van der Waals surface area contributed by atoms with Gasteiger partial charge >= 0.3 is 5.97 Å². The predicted molar refractivity (Wildman–Crippen MR) is 164 cm³/mol. The summed E-state index contributed by atoms with van der Waals surface area (Å²) in [5.41, 5.74) is 3.37. The largest absolute Gasteiger partial charge is 0.459 e. The van der Waals surface area contributed by atoms with Crippen molar-refractivity contribution in [2.75, 3.05) is 0 Å². The first-order valence-corrected chi connectivity index (χ1v) is 14.7. The zero-order valence-electron chi connectivity index (χ0n) is 23.2. The molecule has 0 saturated carbocycles. The quantitative estimate of drug-likeness (QED) is 0.226. The third kappa shape index (κ3) is 5.01. The van der Waals surface area contributed by atoms with Crippen LogP contribution in [0.2, 0.25) is 5.02 Å². The van der Waals surface area contributed by atoms with Crippen LogP contribution in [0, 0.1) is 5.82 Å². The van der Waals surface area contributed by atoms with Crippen LogP contribution in [0.1, 0.15) is 43.5 Å². The van der Waals surface area contributed by atoms with Gasteiger partial charge in [-0.1, -0.05) is 77.5 Å². The van der Waals surface area contributed by atoms with Crippen molar-refractivity contribution < 1.29 is 13.9 Å². The van der Waals surface area contributed by atoms with Gasteiger partial charge in [0.05, 0.1) is 28.5 Å². The van der Waals surface area contributed by atoms with E-state index in [0.29, 0.717) is 37.7 Å². The summed E-state index contributed by atoms with van der Waals surface area (Å²) >= 11 is 7.87. The van der Waals surface area contributed by atoms with Crippen molar-refractivity contribution >= 4 is 45.9 Å². The number of hydrogen-bond acceptors (Lipinski definition) is 5. The van der Waals surface area contributed by atoms with Crippen molar-refractivity contribution in [2.24, 2.45) is 4.99 Å². The average Bonchev–Trinajstić information content (AvgIpc) is 3.45. The minimum atomic E-state index is -0.800. The van der Waals surface area contributed by atoms with E-state index >= 15 is 0 Å². The lowest BCUT2D eigenvalue weighted by Gasteiger charge is -2.26. The van der Waals surface area contributed by atoms with Crippen LogP contribution >= 0.6 is 22.9 Å². The highest BCUT2D eigenvalue weighted by atomic mass is 35.5. The van der Waals surface area contributed by atoms with E-state index in [1.165, 1.54) is 22.0 Å². The molecule has 0 aliphatic carbocycles. The van der Waals surface area contributed by atoms with Crippen LogP contribution < -0.4 is 14.9 Å². The third-order valence-corrected chi connectivity index (χ3v) is 8.52. The number of ether oxygens (including phenoxy) is 1. The highest BCUT2D eigenvalue weighted by Crippen LogP contribution is 2.34. The van der Waals surface area contributed by atoms with Gasteiger partial charge in [0.25, 0.3) is 5.56 Å². The fourth-order valence-electron chi connectivity index (χ4n) is 5.32. The Morgan fingerprint density at radius 2 is 1.81 bits per heavy atom. The van der Waals surface area contributed by atoms with E-state index in [1.807, 2.05) is 59.3 Å². The lowest BCUT2D eigenvalue weighted by atomic mass is 9.96. The highest BCUT2D eigenvalue weighted by Gasteiger charge is 2.34. The van der Waals surface area contributed by atoms with Crippen molar-refractivity contribution in [2.45, 2.75) is 39.5 Å². The van der Waals surface area contributed by atoms with Crippen LogP contribution in [-0.4, -0.2) is 21.2 Å². The number of thiazole rings is 1. The highest BCUT2D eigenvalue weighted by molar-refractivity contribution is 7.07. The summed E-state index contributed by atoms with van der Waals surface area (Å²) in [6.45, 7) is 5.63. The van der Waals surface area contributed by atoms with Gasteiger partial charge in [-0.05, 0) is 50.6 Å². The Hall–Kier alpha value is -4.27. The molecule has 5 aromatic rings. The van der Waals surface area contributed by atoms with Crippen molar-refractivity contribution in [3.8, 4) is 0 Å². The number of halogens is 2. The van der Waals surface area contributed by atoms with E-state index < -0.39 is 12.0 Å². The Bertz CT molecular complexity index is 2070. The summed E-state index contributed by atoms with van der Waals surface area (Å²) in [6.07, 6.45) is 3.41. The summed E-state index contributed by atoms with van der Waals surface area (Å²) in [4.78, 5) is 32.6. The minimum Gasteiger partial charge on any atom is -0.459 e. The fraction of sp³-hybridized carbons (Fsp3) is 0.182. The molecule has 3 aromatic carbocycles. The summed E-state index contributed by atoms with van der Waals surface area (Å²) in [6, 6.07) is 20.9.